The summed E-state index contributed by atoms with van der Waals surface area (Å²) in [5.41, 5.74) is 1.74. The summed E-state index contributed by atoms with van der Waals surface area (Å²) in [6, 6.07) is 12.3. The standard InChI is InChI=1S/C17H13Cl3N2O/c1-10(12-4-7-15(19)16(20)8-12)22-17(23)14(9-21-22)11-2-5-13(18)6-3-11/h2-10,14H,1H3. The number of carbonyl (C=O) groups is 1. The molecule has 3 nitrogen and oxygen atoms in total. The Kier molecular flexibility index (Phi) is 4.62. The van der Waals surface area contributed by atoms with E-state index in [4.69, 9.17) is 34.8 Å². The Morgan fingerprint density at radius 1 is 1.04 bits per heavy atom. The topological polar surface area (TPSA) is 32.7 Å². The predicted molar refractivity (Wildman–Crippen MR) is 94.4 cm³/mol. The molecular weight excluding hydrogens is 355 g/mol. The van der Waals surface area contributed by atoms with Crippen LogP contribution in [-0.2, 0) is 4.79 Å². The summed E-state index contributed by atoms with van der Waals surface area (Å²) < 4.78 is 0. The van der Waals surface area contributed by atoms with Crippen LogP contribution in [-0.4, -0.2) is 17.1 Å². The van der Waals surface area contributed by atoms with E-state index in [9.17, 15) is 4.79 Å². The Hall–Kier alpha value is -1.55. The third-order valence-corrected chi connectivity index (χ3v) is 4.85. The van der Waals surface area contributed by atoms with E-state index in [1.165, 1.54) is 5.01 Å². The normalized spacial score (nSPS) is 18.5. The van der Waals surface area contributed by atoms with E-state index in [-0.39, 0.29) is 11.9 Å². The fourth-order valence-electron chi connectivity index (χ4n) is 2.50. The molecule has 0 radical (unpaired) electrons. The van der Waals surface area contributed by atoms with E-state index in [0.717, 1.165) is 11.1 Å². The Morgan fingerprint density at radius 2 is 1.74 bits per heavy atom. The van der Waals surface area contributed by atoms with Crippen LogP contribution in [0.4, 0.5) is 0 Å². The van der Waals surface area contributed by atoms with Crippen LogP contribution >= 0.6 is 34.8 Å². The van der Waals surface area contributed by atoms with Crippen LogP contribution < -0.4 is 0 Å². The van der Waals surface area contributed by atoms with Crippen molar-refractivity contribution in [3.63, 3.8) is 0 Å². The first-order chi connectivity index (χ1) is 11.0. The molecule has 2 atom stereocenters. The van der Waals surface area contributed by atoms with Gasteiger partial charge in [-0.3, -0.25) is 4.79 Å². The minimum absolute atomic E-state index is 0.0779. The molecule has 0 bridgehead atoms. The zero-order chi connectivity index (χ0) is 16.6. The SMILES string of the molecule is CC(c1ccc(Cl)c(Cl)c1)N1N=CC(c2ccc(Cl)cc2)C1=O. The average molecular weight is 368 g/mol. The van der Waals surface area contributed by atoms with Gasteiger partial charge in [-0.2, -0.15) is 5.10 Å². The molecule has 1 aliphatic heterocycles. The van der Waals surface area contributed by atoms with Gasteiger partial charge in [0.2, 0.25) is 0 Å². The van der Waals surface area contributed by atoms with Crippen molar-refractivity contribution in [1.29, 1.82) is 0 Å². The molecule has 2 aromatic rings. The van der Waals surface area contributed by atoms with E-state index in [2.05, 4.69) is 5.10 Å². The molecule has 0 fully saturated rings. The molecule has 23 heavy (non-hydrogen) atoms. The summed E-state index contributed by atoms with van der Waals surface area (Å²) in [5.74, 6) is -0.469. The Balaban J connectivity index is 1.82. The van der Waals surface area contributed by atoms with Gasteiger partial charge in [0.25, 0.3) is 5.91 Å². The van der Waals surface area contributed by atoms with Crippen molar-refractivity contribution >= 4 is 46.9 Å². The molecule has 1 aliphatic rings. The van der Waals surface area contributed by atoms with Gasteiger partial charge in [0.15, 0.2) is 0 Å². The molecule has 0 N–H and O–H groups in total. The molecule has 118 valence electrons. The van der Waals surface area contributed by atoms with Crippen molar-refractivity contribution in [3.05, 3.63) is 68.7 Å². The Labute approximate surface area is 149 Å². The number of hydrogen-bond donors (Lipinski definition) is 0. The van der Waals surface area contributed by atoms with Gasteiger partial charge < -0.3 is 0 Å². The molecular formula is C17H13Cl3N2O. The number of nitrogens with zero attached hydrogens (tertiary/aromatic N) is 2. The highest BCUT2D eigenvalue weighted by atomic mass is 35.5. The van der Waals surface area contributed by atoms with E-state index < -0.39 is 5.92 Å². The molecule has 1 amide bonds. The molecule has 0 saturated heterocycles. The van der Waals surface area contributed by atoms with Crippen LogP contribution in [0.2, 0.25) is 15.1 Å². The van der Waals surface area contributed by atoms with Gasteiger partial charge in [0.1, 0.15) is 5.92 Å². The summed E-state index contributed by atoms with van der Waals surface area (Å²) in [7, 11) is 0. The molecule has 0 saturated carbocycles. The molecule has 2 aromatic carbocycles. The van der Waals surface area contributed by atoms with Crippen LogP contribution in [0.3, 0.4) is 0 Å². The second-order valence-corrected chi connectivity index (χ2v) is 6.58. The third kappa shape index (κ3) is 3.23. The zero-order valence-corrected chi connectivity index (χ0v) is 14.5. The van der Waals surface area contributed by atoms with Gasteiger partial charge in [0.05, 0.1) is 16.1 Å². The van der Waals surface area contributed by atoms with Gasteiger partial charge in [0, 0.05) is 11.2 Å². The highest BCUT2D eigenvalue weighted by Gasteiger charge is 2.33. The largest absolute Gasteiger partial charge is 0.272 e. The maximum atomic E-state index is 12.7. The average Bonchev–Trinajstić information content (AvgIpc) is 2.92. The van der Waals surface area contributed by atoms with Gasteiger partial charge in [-0.05, 0) is 42.3 Å². The van der Waals surface area contributed by atoms with Crippen molar-refractivity contribution in [2.45, 2.75) is 18.9 Å². The fourth-order valence-corrected chi connectivity index (χ4v) is 2.94. The molecule has 0 spiro atoms. The third-order valence-electron chi connectivity index (χ3n) is 3.85. The lowest BCUT2D eigenvalue weighted by Gasteiger charge is -2.22. The number of carbonyl (C=O) groups excluding carboxylic acids is 1. The number of benzene rings is 2. The van der Waals surface area contributed by atoms with Gasteiger partial charge in [-0.1, -0.05) is 53.0 Å². The van der Waals surface area contributed by atoms with E-state index in [0.29, 0.717) is 15.1 Å². The maximum absolute atomic E-state index is 12.7. The minimum atomic E-state index is -0.391. The molecule has 1 heterocycles. The highest BCUT2D eigenvalue weighted by Crippen LogP contribution is 2.32. The lowest BCUT2D eigenvalue weighted by molar-refractivity contribution is -0.131. The van der Waals surface area contributed by atoms with Crippen molar-refractivity contribution < 1.29 is 4.79 Å². The summed E-state index contributed by atoms with van der Waals surface area (Å²) in [5, 5.41) is 7.33. The summed E-state index contributed by atoms with van der Waals surface area (Å²) in [6.07, 6.45) is 1.65. The van der Waals surface area contributed by atoms with Crippen molar-refractivity contribution in [2.24, 2.45) is 5.10 Å². The smallest absolute Gasteiger partial charge is 0.256 e. The van der Waals surface area contributed by atoms with Crippen LogP contribution in [0.15, 0.2) is 47.6 Å². The lowest BCUT2D eigenvalue weighted by atomic mass is 9.99. The Morgan fingerprint density at radius 3 is 2.39 bits per heavy atom. The fraction of sp³-hybridized carbons (Fsp3) is 0.176. The van der Waals surface area contributed by atoms with Crippen LogP contribution in [0.1, 0.15) is 30.0 Å². The van der Waals surface area contributed by atoms with E-state index in [1.807, 2.05) is 25.1 Å². The second kappa shape index (κ2) is 6.52. The van der Waals surface area contributed by atoms with Gasteiger partial charge >= 0.3 is 0 Å². The minimum Gasteiger partial charge on any atom is -0.272 e. The zero-order valence-electron chi connectivity index (χ0n) is 12.2. The quantitative estimate of drug-likeness (QED) is 0.722. The van der Waals surface area contributed by atoms with Crippen LogP contribution in [0.25, 0.3) is 0 Å². The van der Waals surface area contributed by atoms with Crippen LogP contribution in [0, 0.1) is 0 Å². The predicted octanol–water partition coefficient (Wildman–Crippen LogP) is 5.32. The molecule has 2 unspecified atom stereocenters. The first-order valence-electron chi connectivity index (χ1n) is 7.05. The first-order valence-corrected chi connectivity index (χ1v) is 8.18. The van der Waals surface area contributed by atoms with Crippen molar-refractivity contribution in [2.75, 3.05) is 0 Å². The molecule has 0 aromatic heterocycles. The van der Waals surface area contributed by atoms with E-state index >= 15 is 0 Å². The summed E-state index contributed by atoms with van der Waals surface area (Å²) in [6.45, 7) is 1.90. The van der Waals surface area contributed by atoms with Crippen LogP contribution in [0.5, 0.6) is 0 Å². The number of rotatable bonds is 3. The summed E-state index contributed by atoms with van der Waals surface area (Å²) >= 11 is 17.9. The maximum Gasteiger partial charge on any atom is 0.256 e. The molecule has 6 heteroatoms. The van der Waals surface area contributed by atoms with Gasteiger partial charge in [-0.25, -0.2) is 5.01 Å². The second-order valence-electron chi connectivity index (χ2n) is 5.33. The number of hydrogen-bond acceptors (Lipinski definition) is 2. The summed E-state index contributed by atoms with van der Waals surface area (Å²) in [4.78, 5) is 12.7. The Bertz CT molecular complexity index is 774. The monoisotopic (exact) mass is 366 g/mol. The van der Waals surface area contributed by atoms with Crippen molar-refractivity contribution in [1.82, 2.24) is 5.01 Å². The number of halogens is 3. The van der Waals surface area contributed by atoms with E-state index in [1.54, 1.807) is 30.5 Å². The highest BCUT2D eigenvalue weighted by molar-refractivity contribution is 6.42. The lowest BCUT2D eigenvalue weighted by Crippen LogP contribution is -2.28. The molecule has 0 aliphatic carbocycles. The number of amides is 1. The first kappa shape index (κ1) is 16.3. The van der Waals surface area contributed by atoms with Gasteiger partial charge in [-0.15, -0.1) is 0 Å². The van der Waals surface area contributed by atoms with Crippen molar-refractivity contribution in [3.8, 4) is 0 Å². The molecule has 3 rings (SSSR count). The number of hydrazone groups is 1.